The van der Waals surface area contributed by atoms with Gasteiger partial charge in [-0.1, -0.05) is 29.8 Å². The van der Waals surface area contributed by atoms with Gasteiger partial charge in [0.2, 0.25) is 0 Å². The van der Waals surface area contributed by atoms with Gasteiger partial charge in [0.1, 0.15) is 11.4 Å². The van der Waals surface area contributed by atoms with E-state index in [-0.39, 0.29) is 25.0 Å². The van der Waals surface area contributed by atoms with E-state index in [4.69, 9.17) is 36.0 Å². The zero-order valence-electron chi connectivity index (χ0n) is 28.6. The second kappa shape index (κ2) is 14.1. The predicted octanol–water partition coefficient (Wildman–Crippen LogP) is 5.28. The van der Waals surface area contributed by atoms with Crippen LogP contribution in [0.2, 0.25) is 5.02 Å². The lowest BCUT2D eigenvalue weighted by molar-refractivity contribution is -0.140. The van der Waals surface area contributed by atoms with Crippen molar-refractivity contribution in [3.8, 4) is 16.9 Å². The van der Waals surface area contributed by atoms with Crippen LogP contribution in [0.3, 0.4) is 0 Å². The molecule has 3 aromatic heterocycles. The highest BCUT2D eigenvalue weighted by atomic mass is 35.5. The number of nitrogens with zero attached hydrogens (tertiary/aromatic N) is 6. The molecular formula is C36H41ClN6O6. The second-order valence-corrected chi connectivity index (χ2v) is 12.7. The normalized spacial score (nSPS) is 14.1. The fraction of sp³-hybridized carbons (Fsp3) is 0.389. The van der Waals surface area contributed by atoms with Crippen molar-refractivity contribution in [3.63, 3.8) is 0 Å². The summed E-state index contributed by atoms with van der Waals surface area (Å²) in [7, 11) is 8.00. The van der Waals surface area contributed by atoms with Gasteiger partial charge in [-0.25, -0.2) is 4.79 Å². The Kier molecular flexibility index (Phi) is 9.82. The van der Waals surface area contributed by atoms with E-state index in [1.54, 1.807) is 11.8 Å². The Labute approximate surface area is 289 Å². The molecule has 1 N–H and O–H groups in total. The molecule has 258 valence electrons. The van der Waals surface area contributed by atoms with Crippen molar-refractivity contribution >= 4 is 34.4 Å². The molecule has 0 spiro atoms. The van der Waals surface area contributed by atoms with Crippen LogP contribution in [0.5, 0.6) is 5.75 Å². The highest BCUT2D eigenvalue weighted by molar-refractivity contribution is 6.35. The van der Waals surface area contributed by atoms with Gasteiger partial charge in [-0.2, -0.15) is 10.2 Å². The van der Waals surface area contributed by atoms with Crippen molar-refractivity contribution in [2.45, 2.75) is 58.5 Å². The summed E-state index contributed by atoms with van der Waals surface area (Å²) in [6.45, 7) is 3.74. The fourth-order valence-electron chi connectivity index (χ4n) is 7.18. The number of aromatic nitrogens is 5. The molecular weight excluding hydrogens is 648 g/mol. The van der Waals surface area contributed by atoms with E-state index in [0.29, 0.717) is 42.3 Å². The molecule has 0 aliphatic carbocycles. The summed E-state index contributed by atoms with van der Waals surface area (Å²) in [4.78, 5) is 27.8. The highest BCUT2D eigenvalue weighted by Gasteiger charge is 2.36. The minimum atomic E-state index is -0.501. The van der Waals surface area contributed by atoms with E-state index >= 15 is 0 Å². The number of fused-ring (bicyclic) bond motifs is 2. The van der Waals surface area contributed by atoms with Gasteiger partial charge < -0.3 is 23.9 Å². The largest absolute Gasteiger partial charge is 0.497 e. The third kappa shape index (κ3) is 6.31. The molecule has 0 fully saturated rings. The number of carbonyl (C=O) groups is 2. The van der Waals surface area contributed by atoms with E-state index in [1.807, 2.05) is 55.9 Å². The van der Waals surface area contributed by atoms with Crippen molar-refractivity contribution in [1.29, 1.82) is 0 Å². The van der Waals surface area contributed by atoms with Gasteiger partial charge in [-0.15, -0.1) is 0 Å². The van der Waals surface area contributed by atoms with Crippen molar-refractivity contribution in [1.82, 2.24) is 29.0 Å². The summed E-state index contributed by atoms with van der Waals surface area (Å²) in [6.07, 6.45) is 1.20. The minimum absolute atomic E-state index is 0.0663. The molecule has 1 aliphatic rings. The second-order valence-electron chi connectivity index (χ2n) is 12.3. The lowest BCUT2D eigenvalue weighted by Crippen LogP contribution is -2.27. The van der Waals surface area contributed by atoms with Crippen LogP contribution in [-0.4, -0.2) is 67.4 Å². The number of aliphatic hydroxyl groups excluding tert-OH is 1. The number of halogens is 1. The molecule has 1 atom stereocenters. The van der Waals surface area contributed by atoms with Gasteiger partial charge >= 0.3 is 11.9 Å². The Morgan fingerprint density at radius 1 is 1.02 bits per heavy atom. The maximum atomic E-state index is 13.2. The van der Waals surface area contributed by atoms with Gasteiger partial charge in [-0.3, -0.25) is 19.1 Å². The summed E-state index contributed by atoms with van der Waals surface area (Å²) in [6, 6.07) is 13.6. The first-order chi connectivity index (χ1) is 23.6. The van der Waals surface area contributed by atoms with E-state index in [2.05, 4.69) is 21.7 Å². The fourth-order valence-corrected chi connectivity index (χ4v) is 7.42. The minimum Gasteiger partial charge on any atom is -0.497 e. The molecule has 0 saturated heterocycles. The molecule has 6 rings (SSSR count). The molecule has 4 heterocycles. The molecule has 0 saturated carbocycles. The average molecular weight is 689 g/mol. The number of aryl methyl sites for hydroxylation is 5. The summed E-state index contributed by atoms with van der Waals surface area (Å²) in [5.74, 6) is -0.0862. The summed E-state index contributed by atoms with van der Waals surface area (Å²) >= 11 is 7.11. The monoisotopic (exact) mass is 688 g/mol. The van der Waals surface area contributed by atoms with E-state index in [0.717, 1.165) is 62.5 Å². The number of esters is 2. The number of hydrogen-bond donors (Lipinski definition) is 1. The van der Waals surface area contributed by atoms with Crippen LogP contribution in [-0.2, 0) is 61.0 Å². The van der Waals surface area contributed by atoms with Gasteiger partial charge in [0, 0.05) is 56.7 Å². The number of rotatable bonds is 12. The molecule has 2 aromatic carbocycles. The van der Waals surface area contributed by atoms with E-state index < -0.39 is 5.97 Å². The van der Waals surface area contributed by atoms with Crippen LogP contribution in [0.15, 0.2) is 42.5 Å². The maximum Gasteiger partial charge on any atom is 0.354 e. The zero-order valence-corrected chi connectivity index (χ0v) is 29.4. The van der Waals surface area contributed by atoms with Crippen molar-refractivity contribution in [3.05, 3.63) is 87.1 Å². The van der Waals surface area contributed by atoms with E-state index in [9.17, 15) is 14.7 Å². The third-order valence-electron chi connectivity index (χ3n) is 9.48. The predicted molar refractivity (Wildman–Crippen MR) is 184 cm³/mol. The van der Waals surface area contributed by atoms with Crippen LogP contribution >= 0.6 is 11.6 Å². The molecule has 13 heteroatoms. The average Bonchev–Trinajstić information content (AvgIpc) is 3.83. The zero-order chi connectivity index (χ0) is 35.0. The smallest absolute Gasteiger partial charge is 0.354 e. The first-order valence-corrected chi connectivity index (χ1v) is 16.5. The third-order valence-corrected chi connectivity index (χ3v) is 9.80. The van der Waals surface area contributed by atoms with Crippen LogP contribution < -0.4 is 4.74 Å². The molecule has 0 bridgehead atoms. The first kappa shape index (κ1) is 34.2. The van der Waals surface area contributed by atoms with Crippen LogP contribution in [0, 0.1) is 6.92 Å². The summed E-state index contributed by atoms with van der Waals surface area (Å²) in [5.41, 5.74) is 8.02. The Morgan fingerprint density at radius 3 is 2.43 bits per heavy atom. The first-order valence-electron chi connectivity index (χ1n) is 16.1. The highest BCUT2D eigenvalue weighted by Crippen LogP contribution is 2.47. The van der Waals surface area contributed by atoms with Crippen molar-refractivity contribution < 1.29 is 28.9 Å². The van der Waals surface area contributed by atoms with Gasteiger partial charge in [0.05, 0.1) is 67.3 Å². The summed E-state index contributed by atoms with van der Waals surface area (Å²) in [5, 5.41) is 20.9. The molecule has 0 radical (unpaired) electrons. The topological polar surface area (TPSA) is 126 Å². The molecule has 0 unspecified atom stereocenters. The van der Waals surface area contributed by atoms with Crippen molar-refractivity contribution in [2.24, 2.45) is 14.1 Å². The number of benzene rings is 2. The standard InChI is InChI=1S/C36H41ClN6O6/c1-21-31(32-28(37)13-11-26-27(12-14-30(45)48-5)34(36(46)49-6)40(2)33(26)32)35-29(15-16-43(35)38-21)42(18-22-7-9-25(47-4)10-8-22)19-23-17-24(20-44)41(3)39-23/h7-11,13,17,29,44H,12,14-16,18-20H2,1-6H3/t29-/m1/s1. The van der Waals surface area contributed by atoms with Crippen molar-refractivity contribution in [2.75, 3.05) is 21.3 Å². The number of aliphatic hydroxyl groups is 1. The number of carbonyl (C=O) groups excluding carboxylic acids is 2. The van der Waals surface area contributed by atoms with Crippen LogP contribution in [0.25, 0.3) is 22.0 Å². The van der Waals surface area contributed by atoms with Gasteiger partial charge in [0.15, 0.2) is 0 Å². The van der Waals surface area contributed by atoms with Gasteiger partial charge in [-0.05, 0) is 55.2 Å². The van der Waals surface area contributed by atoms with Crippen LogP contribution in [0.1, 0.15) is 63.3 Å². The molecule has 12 nitrogen and oxygen atoms in total. The Morgan fingerprint density at radius 2 is 1.78 bits per heavy atom. The summed E-state index contributed by atoms with van der Waals surface area (Å²) < 4.78 is 21.1. The number of ether oxygens (including phenoxy) is 3. The lowest BCUT2D eigenvalue weighted by atomic mass is 9.95. The molecule has 5 aromatic rings. The maximum absolute atomic E-state index is 13.2. The Balaban J connectivity index is 1.51. The quantitative estimate of drug-likeness (QED) is 0.174. The number of methoxy groups -OCH3 is 3. The van der Waals surface area contributed by atoms with Gasteiger partial charge in [0.25, 0.3) is 0 Å². The molecule has 49 heavy (non-hydrogen) atoms. The lowest BCUT2D eigenvalue weighted by Gasteiger charge is -2.29. The van der Waals surface area contributed by atoms with E-state index in [1.165, 1.54) is 14.2 Å². The molecule has 1 aliphatic heterocycles. The number of hydrogen-bond acceptors (Lipinski definition) is 9. The Bertz CT molecular complexity index is 2030. The molecule has 0 amide bonds. The SMILES string of the molecule is COC(=O)CCc1c(C(=O)OC)n(C)c2c(-c3c(C)nn4c3[C@H](N(Cc3ccc(OC)cc3)Cc3cc(CO)n(C)n3)CC4)c(Cl)ccc12. The van der Waals surface area contributed by atoms with Crippen LogP contribution in [0.4, 0.5) is 0 Å². The Hall–Kier alpha value is -4.65.